The monoisotopic (exact) mass is 351 g/mol. The van der Waals surface area contributed by atoms with Crippen LogP contribution in [0.1, 0.15) is 62.5 Å². The molecule has 0 heterocycles. The van der Waals surface area contributed by atoms with E-state index in [1.165, 1.54) is 44.2 Å². The third-order valence-corrected chi connectivity index (χ3v) is 7.37. The molecule has 0 aliphatic heterocycles. The minimum absolute atomic E-state index is 0.0517. The average Bonchev–Trinajstić information content (AvgIpc) is 2.56. The summed E-state index contributed by atoms with van der Waals surface area (Å²) in [5.41, 5.74) is 6.11. The number of halogens is 3. The molecule has 4 bridgehead atoms. The summed E-state index contributed by atoms with van der Waals surface area (Å²) in [6.07, 6.45) is 4.94. The van der Waals surface area contributed by atoms with Crippen LogP contribution in [0.2, 0.25) is 0 Å². The zero-order chi connectivity index (χ0) is 17.7. The Morgan fingerprint density at radius 3 is 2.16 bits per heavy atom. The Balaban J connectivity index is 1.74. The van der Waals surface area contributed by atoms with Gasteiger partial charge in [-0.3, -0.25) is 0 Å². The van der Waals surface area contributed by atoms with Crippen LogP contribution in [0.15, 0.2) is 24.3 Å². The molecule has 4 heteroatoms. The number of rotatable bonds is 5. The normalized spacial score (nSPS) is 36.8. The van der Waals surface area contributed by atoms with Gasteiger partial charge in [0.25, 0.3) is 0 Å². The number of nitrogens with two attached hydrogens (primary N) is 1. The highest BCUT2D eigenvalue weighted by Gasteiger charge is 2.57. The van der Waals surface area contributed by atoms with Crippen molar-refractivity contribution < 1.29 is 13.2 Å². The van der Waals surface area contributed by atoms with E-state index in [0.717, 1.165) is 36.7 Å². The predicted molar refractivity (Wildman–Crippen MR) is 93.1 cm³/mol. The van der Waals surface area contributed by atoms with Crippen LogP contribution < -0.4 is 5.73 Å². The zero-order valence-corrected chi connectivity index (χ0v) is 14.7. The van der Waals surface area contributed by atoms with Crippen molar-refractivity contribution in [2.75, 3.05) is 6.54 Å². The minimum atomic E-state index is -4.26. The molecule has 0 atom stereocenters. The van der Waals surface area contributed by atoms with Gasteiger partial charge in [0.2, 0.25) is 0 Å². The largest absolute Gasteiger partial charge is 0.416 e. The van der Waals surface area contributed by atoms with Crippen LogP contribution in [0.3, 0.4) is 0 Å². The van der Waals surface area contributed by atoms with Crippen LogP contribution in [0.25, 0.3) is 0 Å². The van der Waals surface area contributed by atoms with Crippen LogP contribution in [0, 0.1) is 23.7 Å². The van der Waals surface area contributed by atoms with Crippen molar-refractivity contribution in [2.45, 2.75) is 63.0 Å². The van der Waals surface area contributed by atoms with E-state index >= 15 is 0 Å². The lowest BCUT2D eigenvalue weighted by atomic mass is 9.43. The SMILES string of the molecule is NCCCCC1(c2cccc(C(F)(F)F)c2)C2CC3CC(C2)CC1C3. The van der Waals surface area contributed by atoms with E-state index < -0.39 is 11.7 Å². The first-order chi connectivity index (χ1) is 11.9. The minimum Gasteiger partial charge on any atom is -0.330 e. The van der Waals surface area contributed by atoms with E-state index in [1.54, 1.807) is 6.07 Å². The van der Waals surface area contributed by atoms with Gasteiger partial charge in [0, 0.05) is 5.41 Å². The topological polar surface area (TPSA) is 26.0 Å². The van der Waals surface area contributed by atoms with E-state index in [-0.39, 0.29) is 5.41 Å². The van der Waals surface area contributed by atoms with Crippen molar-refractivity contribution >= 4 is 0 Å². The summed E-state index contributed by atoms with van der Waals surface area (Å²) in [4.78, 5) is 0. The van der Waals surface area contributed by atoms with Gasteiger partial charge in [0.1, 0.15) is 0 Å². The molecule has 2 N–H and O–H groups in total. The Kier molecular flexibility index (Phi) is 4.38. The molecule has 0 aromatic heterocycles. The maximum Gasteiger partial charge on any atom is 0.416 e. The van der Waals surface area contributed by atoms with Crippen molar-refractivity contribution in [3.63, 3.8) is 0 Å². The first-order valence-electron chi connectivity index (χ1n) is 9.81. The molecule has 4 aliphatic carbocycles. The molecule has 0 radical (unpaired) electrons. The Morgan fingerprint density at radius 1 is 0.960 bits per heavy atom. The van der Waals surface area contributed by atoms with Crippen molar-refractivity contribution in [2.24, 2.45) is 29.4 Å². The molecule has 0 spiro atoms. The Labute approximate surface area is 148 Å². The molecule has 4 saturated carbocycles. The second kappa shape index (κ2) is 6.29. The van der Waals surface area contributed by atoms with E-state index in [9.17, 15) is 13.2 Å². The van der Waals surface area contributed by atoms with Gasteiger partial charge in [-0.25, -0.2) is 0 Å². The lowest BCUT2D eigenvalue weighted by Crippen LogP contribution is -2.55. The molecule has 1 nitrogen and oxygen atoms in total. The molecule has 1 aromatic carbocycles. The zero-order valence-electron chi connectivity index (χ0n) is 14.7. The van der Waals surface area contributed by atoms with Crippen LogP contribution in [0.5, 0.6) is 0 Å². The summed E-state index contributed by atoms with van der Waals surface area (Å²) in [6, 6.07) is 6.27. The van der Waals surface area contributed by atoms with Crippen molar-refractivity contribution in [1.29, 1.82) is 0 Å². The van der Waals surface area contributed by atoms with Crippen molar-refractivity contribution in [3.8, 4) is 0 Å². The van der Waals surface area contributed by atoms with Crippen LogP contribution >= 0.6 is 0 Å². The van der Waals surface area contributed by atoms with Crippen molar-refractivity contribution in [1.82, 2.24) is 0 Å². The van der Waals surface area contributed by atoms with E-state index in [2.05, 4.69) is 0 Å². The van der Waals surface area contributed by atoms with E-state index in [0.29, 0.717) is 18.4 Å². The molecule has 25 heavy (non-hydrogen) atoms. The van der Waals surface area contributed by atoms with Gasteiger partial charge in [-0.2, -0.15) is 13.2 Å². The lowest BCUT2D eigenvalue weighted by molar-refractivity contribution is -0.137. The molecule has 0 saturated heterocycles. The first kappa shape index (κ1) is 17.4. The van der Waals surface area contributed by atoms with E-state index in [1.807, 2.05) is 6.07 Å². The van der Waals surface area contributed by atoms with Gasteiger partial charge in [-0.1, -0.05) is 24.6 Å². The number of alkyl halides is 3. The number of benzene rings is 1. The Bertz CT molecular complexity index is 594. The van der Waals surface area contributed by atoms with Gasteiger partial charge in [-0.05, 0) is 86.8 Å². The highest BCUT2D eigenvalue weighted by molar-refractivity contribution is 5.35. The molecular weight excluding hydrogens is 323 g/mol. The molecule has 0 unspecified atom stereocenters. The summed E-state index contributed by atoms with van der Waals surface area (Å²) in [6.45, 7) is 0.666. The summed E-state index contributed by atoms with van der Waals surface area (Å²) in [5.74, 6) is 2.75. The third kappa shape index (κ3) is 2.90. The average molecular weight is 351 g/mol. The van der Waals surface area contributed by atoms with Gasteiger partial charge in [0.05, 0.1) is 5.56 Å². The third-order valence-electron chi connectivity index (χ3n) is 7.37. The number of hydrogen-bond acceptors (Lipinski definition) is 1. The molecule has 4 fully saturated rings. The first-order valence-corrected chi connectivity index (χ1v) is 9.81. The standard InChI is InChI=1S/C21H28F3N/c22-21(23,24)17-5-3-4-16(13-17)20(6-1-2-7-25)18-9-14-8-15(11-18)12-19(20)10-14/h3-5,13-15,18-19H,1-2,6-12,25H2. The van der Waals surface area contributed by atoms with Gasteiger partial charge < -0.3 is 5.73 Å². The molecule has 4 aliphatic rings. The highest BCUT2D eigenvalue weighted by atomic mass is 19.4. The van der Waals surface area contributed by atoms with E-state index in [4.69, 9.17) is 5.73 Å². The maximum atomic E-state index is 13.3. The smallest absolute Gasteiger partial charge is 0.330 e. The number of hydrogen-bond donors (Lipinski definition) is 1. The fraction of sp³-hybridized carbons (Fsp3) is 0.714. The second-order valence-corrected chi connectivity index (χ2v) is 8.67. The van der Waals surface area contributed by atoms with Crippen molar-refractivity contribution in [3.05, 3.63) is 35.4 Å². The molecule has 0 amide bonds. The predicted octanol–water partition coefficient (Wildman–Crippen LogP) is 5.53. The van der Waals surface area contributed by atoms with Gasteiger partial charge >= 0.3 is 6.18 Å². The Hall–Kier alpha value is -1.03. The fourth-order valence-corrected chi connectivity index (χ4v) is 6.60. The summed E-state index contributed by atoms with van der Waals surface area (Å²) in [7, 11) is 0. The quantitative estimate of drug-likeness (QED) is 0.694. The van der Waals surface area contributed by atoms with Crippen LogP contribution in [0.4, 0.5) is 13.2 Å². The molecule has 5 rings (SSSR count). The highest BCUT2D eigenvalue weighted by Crippen LogP contribution is 2.64. The molecule has 138 valence electrons. The Morgan fingerprint density at radius 2 is 1.60 bits per heavy atom. The molecular formula is C21H28F3N. The summed E-state index contributed by atoms with van der Waals surface area (Å²) >= 11 is 0. The maximum absolute atomic E-state index is 13.3. The van der Waals surface area contributed by atoms with Crippen LogP contribution in [-0.2, 0) is 11.6 Å². The lowest BCUT2D eigenvalue weighted by Gasteiger charge is -2.62. The van der Waals surface area contributed by atoms with Gasteiger partial charge in [-0.15, -0.1) is 0 Å². The van der Waals surface area contributed by atoms with Crippen LogP contribution in [-0.4, -0.2) is 6.54 Å². The fourth-order valence-electron chi connectivity index (χ4n) is 6.60. The number of unbranched alkanes of at least 4 members (excludes halogenated alkanes) is 1. The van der Waals surface area contributed by atoms with Gasteiger partial charge in [0.15, 0.2) is 0 Å². The summed E-state index contributed by atoms with van der Waals surface area (Å²) < 4.78 is 39.9. The summed E-state index contributed by atoms with van der Waals surface area (Å²) in [5, 5.41) is 0. The molecule has 1 aromatic rings. The second-order valence-electron chi connectivity index (χ2n) is 8.67.